The van der Waals surface area contributed by atoms with Crippen LogP contribution in [-0.2, 0) is 11.2 Å². The van der Waals surface area contributed by atoms with Gasteiger partial charge in [0.1, 0.15) is 5.82 Å². The van der Waals surface area contributed by atoms with E-state index in [9.17, 15) is 9.59 Å². The van der Waals surface area contributed by atoms with Crippen LogP contribution in [0.15, 0.2) is 72.9 Å². The molecule has 0 aliphatic rings. The normalized spacial score (nSPS) is 10.2. The van der Waals surface area contributed by atoms with Gasteiger partial charge in [0.25, 0.3) is 5.91 Å². The Hall–Kier alpha value is -3.67. The number of aryl methyl sites for hydroxylation is 1. The van der Waals surface area contributed by atoms with Crippen molar-refractivity contribution in [2.45, 2.75) is 19.8 Å². The van der Waals surface area contributed by atoms with Gasteiger partial charge in [-0.3, -0.25) is 9.59 Å². The van der Waals surface area contributed by atoms with E-state index in [0.29, 0.717) is 17.9 Å². The smallest absolute Gasteiger partial charge is 0.252 e. The molecule has 3 aromatic rings. The second-order valence-corrected chi connectivity index (χ2v) is 6.66. The van der Waals surface area contributed by atoms with Crippen LogP contribution in [0.3, 0.4) is 0 Å². The van der Waals surface area contributed by atoms with Gasteiger partial charge < -0.3 is 16.0 Å². The molecule has 6 nitrogen and oxygen atoms in total. The van der Waals surface area contributed by atoms with Gasteiger partial charge in [0, 0.05) is 31.0 Å². The SMILES string of the molecule is CC(=O)Nc1ccc(Nc2ccc(C(=O)NCCCc3ccccc3)cn2)cc1. The van der Waals surface area contributed by atoms with Crippen molar-refractivity contribution < 1.29 is 9.59 Å². The van der Waals surface area contributed by atoms with Gasteiger partial charge >= 0.3 is 0 Å². The Morgan fingerprint density at radius 2 is 1.62 bits per heavy atom. The first kappa shape index (κ1) is 20.1. The summed E-state index contributed by atoms with van der Waals surface area (Å²) in [7, 11) is 0. The second-order valence-electron chi connectivity index (χ2n) is 6.66. The fraction of sp³-hybridized carbons (Fsp3) is 0.174. The monoisotopic (exact) mass is 388 g/mol. The molecule has 0 fully saturated rings. The summed E-state index contributed by atoms with van der Waals surface area (Å²) in [5.74, 6) is 0.399. The van der Waals surface area contributed by atoms with E-state index in [-0.39, 0.29) is 11.8 Å². The van der Waals surface area contributed by atoms with Crippen molar-refractivity contribution in [2.75, 3.05) is 17.2 Å². The van der Waals surface area contributed by atoms with E-state index in [1.165, 1.54) is 12.5 Å². The number of pyridine rings is 1. The lowest BCUT2D eigenvalue weighted by Gasteiger charge is -2.09. The first-order chi connectivity index (χ1) is 14.1. The van der Waals surface area contributed by atoms with Gasteiger partial charge in [0.05, 0.1) is 5.56 Å². The van der Waals surface area contributed by atoms with Gasteiger partial charge in [-0.2, -0.15) is 0 Å². The van der Waals surface area contributed by atoms with Crippen molar-refractivity contribution in [3.8, 4) is 0 Å². The number of amides is 2. The maximum absolute atomic E-state index is 12.2. The minimum Gasteiger partial charge on any atom is -0.352 e. The molecule has 0 unspecified atom stereocenters. The Balaban J connectivity index is 1.46. The number of carbonyl (C=O) groups is 2. The fourth-order valence-corrected chi connectivity index (χ4v) is 2.83. The average molecular weight is 388 g/mol. The van der Waals surface area contributed by atoms with E-state index >= 15 is 0 Å². The number of hydrogen-bond donors (Lipinski definition) is 3. The Labute approximate surface area is 170 Å². The quantitative estimate of drug-likeness (QED) is 0.506. The summed E-state index contributed by atoms with van der Waals surface area (Å²) in [5, 5.41) is 8.81. The number of benzene rings is 2. The maximum atomic E-state index is 12.2. The van der Waals surface area contributed by atoms with Crippen molar-refractivity contribution in [2.24, 2.45) is 0 Å². The number of anilines is 3. The number of hydrogen-bond acceptors (Lipinski definition) is 4. The molecular weight excluding hydrogens is 364 g/mol. The number of nitrogens with zero attached hydrogens (tertiary/aromatic N) is 1. The summed E-state index contributed by atoms with van der Waals surface area (Å²) in [6.45, 7) is 2.09. The molecule has 3 N–H and O–H groups in total. The van der Waals surface area contributed by atoms with E-state index in [1.807, 2.05) is 30.3 Å². The van der Waals surface area contributed by atoms with Crippen LogP contribution in [0.1, 0.15) is 29.3 Å². The molecule has 0 saturated carbocycles. The second kappa shape index (κ2) is 10.0. The van der Waals surface area contributed by atoms with Crippen LogP contribution in [0.25, 0.3) is 0 Å². The molecule has 2 amide bonds. The summed E-state index contributed by atoms with van der Waals surface area (Å²) in [5.41, 5.74) is 3.36. The molecule has 2 aromatic carbocycles. The standard InChI is InChI=1S/C23H24N4O2/c1-17(28)26-20-10-12-21(13-11-20)27-22-14-9-19(16-25-22)23(29)24-15-5-8-18-6-3-2-4-7-18/h2-4,6-7,9-14,16H,5,8,15H2,1H3,(H,24,29)(H,25,27)(H,26,28). The van der Waals surface area contributed by atoms with Gasteiger partial charge in [-0.15, -0.1) is 0 Å². The van der Waals surface area contributed by atoms with E-state index in [2.05, 4.69) is 33.1 Å². The highest BCUT2D eigenvalue weighted by molar-refractivity contribution is 5.94. The van der Waals surface area contributed by atoms with Crippen molar-refractivity contribution >= 4 is 29.0 Å². The van der Waals surface area contributed by atoms with Crippen LogP contribution in [0.2, 0.25) is 0 Å². The summed E-state index contributed by atoms with van der Waals surface area (Å²) < 4.78 is 0. The number of rotatable bonds is 8. The third-order valence-corrected chi connectivity index (χ3v) is 4.27. The predicted molar refractivity (Wildman–Crippen MR) is 115 cm³/mol. The van der Waals surface area contributed by atoms with Crippen molar-refractivity contribution in [3.05, 3.63) is 84.1 Å². The molecule has 0 radical (unpaired) electrons. The minimum atomic E-state index is -0.128. The van der Waals surface area contributed by atoms with Crippen LogP contribution in [0.5, 0.6) is 0 Å². The molecule has 0 saturated heterocycles. The van der Waals surface area contributed by atoms with Crippen LogP contribution in [-0.4, -0.2) is 23.3 Å². The first-order valence-corrected chi connectivity index (χ1v) is 9.53. The third-order valence-electron chi connectivity index (χ3n) is 4.27. The van der Waals surface area contributed by atoms with E-state index < -0.39 is 0 Å². The Morgan fingerprint density at radius 3 is 2.28 bits per heavy atom. The zero-order chi connectivity index (χ0) is 20.5. The third kappa shape index (κ3) is 6.46. The lowest BCUT2D eigenvalue weighted by Crippen LogP contribution is -2.24. The van der Waals surface area contributed by atoms with Crippen LogP contribution in [0, 0.1) is 0 Å². The molecule has 0 aliphatic carbocycles. The average Bonchev–Trinajstić information content (AvgIpc) is 2.73. The van der Waals surface area contributed by atoms with Crippen molar-refractivity contribution in [3.63, 3.8) is 0 Å². The van der Waals surface area contributed by atoms with Crippen LogP contribution in [0.4, 0.5) is 17.2 Å². The first-order valence-electron chi connectivity index (χ1n) is 9.53. The molecule has 0 aliphatic heterocycles. The summed E-state index contributed by atoms with van der Waals surface area (Å²) in [4.78, 5) is 27.6. The molecule has 0 atom stereocenters. The lowest BCUT2D eigenvalue weighted by atomic mass is 10.1. The molecule has 1 heterocycles. The minimum absolute atomic E-state index is 0.110. The van der Waals surface area contributed by atoms with Crippen molar-refractivity contribution in [1.29, 1.82) is 0 Å². The van der Waals surface area contributed by atoms with Crippen molar-refractivity contribution in [1.82, 2.24) is 10.3 Å². The Bertz CT molecular complexity index is 939. The van der Waals surface area contributed by atoms with Crippen LogP contribution >= 0.6 is 0 Å². The Morgan fingerprint density at radius 1 is 0.897 bits per heavy atom. The van der Waals surface area contributed by atoms with Gasteiger partial charge in [-0.05, 0) is 54.8 Å². The van der Waals surface area contributed by atoms with Crippen LogP contribution < -0.4 is 16.0 Å². The van der Waals surface area contributed by atoms with E-state index in [0.717, 1.165) is 24.2 Å². The highest BCUT2D eigenvalue weighted by Gasteiger charge is 2.06. The fourth-order valence-electron chi connectivity index (χ4n) is 2.83. The largest absolute Gasteiger partial charge is 0.352 e. The lowest BCUT2D eigenvalue weighted by molar-refractivity contribution is -0.114. The molecule has 29 heavy (non-hydrogen) atoms. The predicted octanol–water partition coefficient (Wildman–Crippen LogP) is 4.15. The van der Waals surface area contributed by atoms with E-state index in [1.54, 1.807) is 30.5 Å². The van der Waals surface area contributed by atoms with Gasteiger partial charge in [0.2, 0.25) is 5.91 Å². The molecule has 0 spiro atoms. The molecule has 3 rings (SSSR count). The molecule has 6 heteroatoms. The topological polar surface area (TPSA) is 83.1 Å². The van der Waals surface area contributed by atoms with Gasteiger partial charge in [-0.1, -0.05) is 30.3 Å². The van der Waals surface area contributed by atoms with Gasteiger partial charge in [-0.25, -0.2) is 4.98 Å². The highest BCUT2D eigenvalue weighted by Crippen LogP contribution is 2.17. The summed E-state index contributed by atoms with van der Waals surface area (Å²) in [6.07, 6.45) is 3.38. The zero-order valence-electron chi connectivity index (χ0n) is 16.3. The summed E-state index contributed by atoms with van der Waals surface area (Å²) in [6, 6.07) is 21.0. The number of nitrogens with one attached hydrogen (secondary N) is 3. The molecule has 148 valence electrons. The molecule has 1 aromatic heterocycles. The summed E-state index contributed by atoms with van der Waals surface area (Å²) >= 11 is 0. The zero-order valence-corrected chi connectivity index (χ0v) is 16.3. The maximum Gasteiger partial charge on any atom is 0.252 e. The van der Waals surface area contributed by atoms with E-state index in [4.69, 9.17) is 0 Å². The van der Waals surface area contributed by atoms with Gasteiger partial charge in [0.15, 0.2) is 0 Å². The molecule has 0 bridgehead atoms. The molecular formula is C23H24N4O2. The highest BCUT2D eigenvalue weighted by atomic mass is 16.2. The number of aromatic nitrogens is 1. The number of carbonyl (C=O) groups excluding carboxylic acids is 2. The Kier molecular flexibility index (Phi) is 6.95.